The Morgan fingerprint density at radius 2 is 1.93 bits per heavy atom. The number of hydrogen-bond donors (Lipinski definition) is 2. The molecule has 0 aliphatic carbocycles. The van der Waals surface area contributed by atoms with E-state index in [1.165, 1.54) is 5.56 Å². The topological polar surface area (TPSA) is 83.3 Å². The molecule has 7 heteroatoms. The Bertz CT molecular complexity index is 763. The quantitative estimate of drug-likeness (QED) is 0.846. The number of hydrogen-bond acceptors (Lipinski definition) is 4. The van der Waals surface area contributed by atoms with Gasteiger partial charge in [-0.15, -0.1) is 10.2 Å². The predicted molar refractivity (Wildman–Crippen MR) is 103 cm³/mol. The summed E-state index contributed by atoms with van der Waals surface area (Å²) in [6.07, 6.45) is 2.72. The maximum Gasteiger partial charge on any atom is 0.317 e. The van der Waals surface area contributed by atoms with E-state index in [1.54, 1.807) is 0 Å². The van der Waals surface area contributed by atoms with Gasteiger partial charge in [0.25, 0.3) is 0 Å². The molecule has 2 heterocycles. The first-order valence-electron chi connectivity index (χ1n) is 9.66. The predicted octanol–water partition coefficient (Wildman–Crippen LogP) is 2.52. The normalized spacial score (nSPS) is 16.4. The smallest absolute Gasteiger partial charge is 0.317 e. The number of nitrogens with zero attached hydrogens (tertiary/aromatic N) is 4. The molecule has 3 rings (SSSR count). The highest BCUT2D eigenvalue weighted by Gasteiger charge is 2.27. The molecule has 1 aliphatic rings. The number of urea groups is 1. The van der Waals surface area contributed by atoms with Crippen LogP contribution in [-0.4, -0.2) is 43.9 Å². The van der Waals surface area contributed by atoms with Crippen molar-refractivity contribution in [3.8, 4) is 0 Å². The van der Waals surface area contributed by atoms with E-state index in [9.17, 15) is 9.90 Å². The van der Waals surface area contributed by atoms with Gasteiger partial charge in [-0.2, -0.15) is 0 Å². The van der Waals surface area contributed by atoms with E-state index in [4.69, 9.17) is 0 Å². The zero-order valence-corrected chi connectivity index (χ0v) is 16.4. The van der Waals surface area contributed by atoms with Gasteiger partial charge in [0.15, 0.2) is 5.82 Å². The van der Waals surface area contributed by atoms with Crippen LogP contribution in [0.5, 0.6) is 0 Å². The van der Waals surface area contributed by atoms with E-state index < -0.39 is 0 Å². The standard InChI is InChI=1S/C20H29N5O2/c1-4-15-5-7-16(8-6-15)14(2)21-20(27)25-11-9-17(10-12-25)19-23-22-18(13-26)24(19)3/h5-8,14,17,26H,4,9-13H2,1-3H3,(H,21,27). The number of nitrogens with one attached hydrogen (secondary N) is 1. The summed E-state index contributed by atoms with van der Waals surface area (Å²) in [5.41, 5.74) is 2.42. The Morgan fingerprint density at radius 3 is 2.48 bits per heavy atom. The molecule has 1 atom stereocenters. The molecule has 0 radical (unpaired) electrons. The van der Waals surface area contributed by atoms with Crippen molar-refractivity contribution in [1.82, 2.24) is 25.0 Å². The van der Waals surface area contributed by atoms with Crippen molar-refractivity contribution in [3.63, 3.8) is 0 Å². The Balaban J connectivity index is 1.54. The van der Waals surface area contributed by atoms with Gasteiger partial charge in [-0.05, 0) is 37.3 Å². The highest BCUT2D eigenvalue weighted by atomic mass is 16.3. The van der Waals surface area contributed by atoms with Crippen molar-refractivity contribution in [1.29, 1.82) is 0 Å². The number of amides is 2. The van der Waals surface area contributed by atoms with Crippen molar-refractivity contribution < 1.29 is 9.90 Å². The van der Waals surface area contributed by atoms with Crippen molar-refractivity contribution in [2.75, 3.05) is 13.1 Å². The van der Waals surface area contributed by atoms with E-state index in [-0.39, 0.29) is 24.6 Å². The molecule has 0 spiro atoms. The Morgan fingerprint density at radius 1 is 1.26 bits per heavy atom. The minimum atomic E-state index is -0.109. The molecule has 7 nitrogen and oxygen atoms in total. The molecule has 1 unspecified atom stereocenters. The van der Waals surface area contributed by atoms with Crippen LogP contribution in [0.3, 0.4) is 0 Å². The third-order valence-electron chi connectivity index (χ3n) is 5.52. The van der Waals surface area contributed by atoms with Gasteiger partial charge in [0.1, 0.15) is 12.4 Å². The first kappa shape index (κ1) is 19.4. The average molecular weight is 371 g/mol. The number of likely N-dealkylation sites (tertiary alicyclic amines) is 1. The van der Waals surface area contributed by atoms with Crippen LogP contribution in [0.25, 0.3) is 0 Å². The zero-order valence-electron chi connectivity index (χ0n) is 16.4. The number of aliphatic hydroxyl groups is 1. The van der Waals surface area contributed by atoms with E-state index in [1.807, 2.05) is 23.4 Å². The van der Waals surface area contributed by atoms with E-state index in [0.29, 0.717) is 18.9 Å². The van der Waals surface area contributed by atoms with Gasteiger partial charge in [-0.1, -0.05) is 31.2 Å². The minimum Gasteiger partial charge on any atom is -0.388 e. The number of aryl methyl sites for hydroxylation is 1. The molecule has 2 N–H and O–H groups in total. The summed E-state index contributed by atoms with van der Waals surface area (Å²) in [5.74, 6) is 1.74. The molecule has 1 aromatic carbocycles. The van der Waals surface area contributed by atoms with E-state index in [0.717, 1.165) is 30.7 Å². The largest absolute Gasteiger partial charge is 0.388 e. The van der Waals surface area contributed by atoms with Crippen LogP contribution < -0.4 is 5.32 Å². The van der Waals surface area contributed by atoms with E-state index in [2.05, 4.69) is 46.7 Å². The van der Waals surface area contributed by atoms with Gasteiger partial charge in [-0.3, -0.25) is 0 Å². The third-order valence-corrected chi connectivity index (χ3v) is 5.52. The lowest BCUT2D eigenvalue weighted by Crippen LogP contribution is -2.45. The molecule has 146 valence electrons. The van der Waals surface area contributed by atoms with Crippen LogP contribution >= 0.6 is 0 Å². The number of benzene rings is 1. The highest BCUT2D eigenvalue weighted by Crippen LogP contribution is 2.27. The summed E-state index contributed by atoms with van der Waals surface area (Å²) >= 11 is 0. The van der Waals surface area contributed by atoms with Crippen molar-refractivity contribution >= 4 is 6.03 Å². The zero-order chi connectivity index (χ0) is 19.4. The highest BCUT2D eigenvalue weighted by molar-refractivity contribution is 5.74. The summed E-state index contributed by atoms with van der Waals surface area (Å²) < 4.78 is 1.86. The number of piperidine rings is 1. The van der Waals surface area contributed by atoms with Crippen molar-refractivity contribution in [2.24, 2.45) is 7.05 Å². The van der Waals surface area contributed by atoms with Crippen LogP contribution in [0.4, 0.5) is 4.79 Å². The fourth-order valence-corrected chi connectivity index (χ4v) is 3.61. The Kier molecular flexibility index (Phi) is 6.11. The maximum atomic E-state index is 12.6. The molecule has 1 saturated heterocycles. The lowest BCUT2D eigenvalue weighted by Gasteiger charge is -2.32. The minimum absolute atomic E-state index is 0.0190. The molecule has 2 amide bonds. The van der Waals surface area contributed by atoms with Crippen LogP contribution in [0.15, 0.2) is 24.3 Å². The van der Waals surface area contributed by atoms with Gasteiger partial charge >= 0.3 is 6.03 Å². The van der Waals surface area contributed by atoms with Gasteiger partial charge in [-0.25, -0.2) is 4.79 Å². The number of aromatic nitrogens is 3. The molecule has 1 fully saturated rings. The molecular formula is C20H29N5O2. The maximum absolute atomic E-state index is 12.6. The molecule has 27 heavy (non-hydrogen) atoms. The molecule has 1 aliphatic heterocycles. The lowest BCUT2D eigenvalue weighted by atomic mass is 9.96. The molecule has 2 aromatic rings. The summed E-state index contributed by atoms with van der Waals surface area (Å²) in [4.78, 5) is 14.5. The number of carbonyl (C=O) groups is 1. The van der Waals surface area contributed by atoms with E-state index >= 15 is 0 Å². The molecule has 1 aromatic heterocycles. The van der Waals surface area contributed by atoms with Gasteiger partial charge in [0.05, 0.1) is 6.04 Å². The van der Waals surface area contributed by atoms with Crippen LogP contribution in [0.2, 0.25) is 0 Å². The van der Waals surface area contributed by atoms with Crippen LogP contribution in [0.1, 0.15) is 61.4 Å². The van der Waals surface area contributed by atoms with Crippen LogP contribution in [-0.2, 0) is 20.1 Å². The Labute approximate surface area is 160 Å². The third kappa shape index (κ3) is 4.30. The summed E-state index contributed by atoms with van der Waals surface area (Å²) in [7, 11) is 1.88. The van der Waals surface area contributed by atoms with Gasteiger partial charge in [0.2, 0.25) is 0 Å². The number of aliphatic hydroxyl groups excluding tert-OH is 1. The first-order chi connectivity index (χ1) is 13.0. The SMILES string of the molecule is CCc1ccc(C(C)NC(=O)N2CCC(c3nnc(CO)n3C)CC2)cc1. The lowest BCUT2D eigenvalue weighted by molar-refractivity contribution is 0.177. The fourth-order valence-electron chi connectivity index (χ4n) is 3.61. The van der Waals surface area contributed by atoms with Gasteiger partial charge < -0.3 is 19.9 Å². The monoisotopic (exact) mass is 371 g/mol. The summed E-state index contributed by atoms with van der Waals surface area (Å²) in [6, 6.07) is 8.36. The molecule has 0 saturated carbocycles. The summed E-state index contributed by atoms with van der Waals surface area (Å²) in [6.45, 7) is 5.43. The van der Waals surface area contributed by atoms with Gasteiger partial charge in [0, 0.05) is 26.1 Å². The van der Waals surface area contributed by atoms with Crippen molar-refractivity contribution in [2.45, 2.75) is 51.7 Å². The Hall–Kier alpha value is -2.41. The average Bonchev–Trinajstić information content (AvgIpc) is 3.08. The number of rotatable bonds is 5. The fraction of sp³-hybridized carbons (Fsp3) is 0.550. The molecule has 0 bridgehead atoms. The second kappa shape index (κ2) is 8.52. The van der Waals surface area contributed by atoms with Crippen molar-refractivity contribution in [3.05, 3.63) is 47.0 Å². The number of carbonyl (C=O) groups excluding carboxylic acids is 1. The second-order valence-electron chi connectivity index (χ2n) is 7.22. The van der Waals surface area contributed by atoms with Crippen LogP contribution in [0, 0.1) is 0 Å². The molecular weight excluding hydrogens is 342 g/mol. The first-order valence-corrected chi connectivity index (χ1v) is 9.66. The second-order valence-corrected chi connectivity index (χ2v) is 7.22. The summed E-state index contributed by atoms with van der Waals surface area (Å²) in [5, 5.41) is 20.6.